The fourth-order valence-electron chi connectivity index (χ4n) is 4.12. The van der Waals surface area contributed by atoms with Crippen molar-refractivity contribution >= 4 is 23.5 Å². The van der Waals surface area contributed by atoms with Crippen LogP contribution in [0, 0.1) is 0 Å². The van der Waals surface area contributed by atoms with Crippen LogP contribution in [-0.4, -0.2) is 36.0 Å². The molecule has 0 aromatic heterocycles. The summed E-state index contributed by atoms with van der Waals surface area (Å²) in [5.41, 5.74) is 0.542. The first kappa shape index (κ1) is 21.9. The van der Waals surface area contributed by atoms with Crippen molar-refractivity contribution in [2.24, 2.45) is 0 Å². The Balaban J connectivity index is 1.52. The van der Waals surface area contributed by atoms with Gasteiger partial charge in [0, 0.05) is 11.6 Å². The van der Waals surface area contributed by atoms with Crippen molar-refractivity contribution in [2.75, 3.05) is 11.4 Å². The van der Waals surface area contributed by atoms with Gasteiger partial charge in [-0.25, -0.2) is 0 Å². The van der Waals surface area contributed by atoms with Gasteiger partial charge in [-0.1, -0.05) is 43.2 Å². The molecule has 2 aromatic rings. The highest BCUT2D eigenvalue weighted by Crippen LogP contribution is 2.38. The molecule has 0 atom stereocenters. The van der Waals surface area contributed by atoms with E-state index >= 15 is 0 Å². The van der Waals surface area contributed by atoms with Crippen LogP contribution in [0.4, 0.5) is 5.69 Å². The third-order valence-electron chi connectivity index (χ3n) is 5.86. The van der Waals surface area contributed by atoms with Gasteiger partial charge in [0.1, 0.15) is 18.9 Å². The number of fused-ring (bicyclic) bond motifs is 1. The molecule has 2 aromatic carbocycles. The summed E-state index contributed by atoms with van der Waals surface area (Å²) in [5.74, 6) is -0.645. The van der Waals surface area contributed by atoms with E-state index in [0.717, 1.165) is 31.2 Å². The van der Waals surface area contributed by atoms with Crippen LogP contribution in [0.15, 0.2) is 48.5 Å². The van der Waals surface area contributed by atoms with E-state index in [0.29, 0.717) is 17.0 Å². The molecule has 32 heavy (non-hydrogen) atoms. The molecule has 1 fully saturated rings. The zero-order valence-corrected chi connectivity index (χ0v) is 18.4. The first-order valence-corrected chi connectivity index (χ1v) is 11.0. The average Bonchev–Trinajstić information content (AvgIpc) is 3.29. The lowest BCUT2D eigenvalue weighted by Gasteiger charge is -2.38. The second-order valence-electron chi connectivity index (χ2n) is 8.79. The quantitative estimate of drug-likeness (QED) is 0.700. The minimum Gasteiger partial charge on any atom is -0.476 e. The third-order valence-corrected chi connectivity index (χ3v) is 5.86. The van der Waals surface area contributed by atoms with E-state index in [1.165, 1.54) is 4.90 Å². The summed E-state index contributed by atoms with van der Waals surface area (Å²) in [7, 11) is 0. The lowest BCUT2D eigenvalue weighted by molar-refractivity contribution is -0.145. The van der Waals surface area contributed by atoms with Crippen LogP contribution in [-0.2, 0) is 20.9 Å². The molecular weight excluding hydrogens is 408 g/mol. The molecule has 0 unspecified atom stereocenters. The van der Waals surface area contributed by atoms with E-state index in [9.17, 15) is 14.4 Å². The van der Waals surface area contributed by atoms with Gasteiger partial charge in [0.25, 0.3) is 11.8 Å². The summed E-state index contributed by atoms with van der Waals surface area (Å²) in [6.07, 6.45) is 4.19. The minimum atomic E-state index is -1.14. The van der Waals surface area contributed by atoms with Crippen LogP contribution < -0.4 is 15.0 Å². The summed E-state index contributed by atoms with van der Waals surface area (Å²) < 4.78 is 11.2. The lowest BCUT2D eigenvalue weighted by Crippen LogP contribution is -2.54. The van der Waals surface area contributed by atoms with Crippen LogP contribution in [0.1, 0.15) is 55.5 Å². The molecule has 1 N–H and O–H groups in total. The lowest BCUT2D eigenvalue weighted by atomic mass is 10.0. The molecule has 1 heterocycles. The molecule has 1 saturated carbocycles. The molecule has 2 amide bonds. The summed E-state index contributed by atoms with van der Waals surface area (Å²) in [4.78, 5) is 39.7. The molecule has 0 radical (unpaired) electrons. The van der Waals surface area contributed by atoms with Gasteiger partial charge in [-0.2, -0.15) is 0 Å². The highest BCUT2D eigenvalue weighted by atomic mass is 16.5. The molecule has 7 heteroatoms. The van der Waals surface area contributed by atoms with Gasteiger partial charge in [0.2, 0.25) is 0 Å². The van der Waals surface area contributed by atoms with Crippen molar-refractivity contribution in [3.8, 4) is 5.75 Å². The van der Waals surface area contributed by atoms with Gasteiger partial charge < -0.3 is 14.8 Å². The van der Waals surface area contributed by atoms with Gasteiger partial charge in [0.05, 0.1) is 5.69 Å². The standard InChI is InChI=1S/C25H28N2O5/c1-25(2)24(30)27(15-22(28)31-16-17-8-4-3-5-9-17)20-14-18(12-13-21(20)32-25)23(29)26-19-10-6-7-11-19/h3-5,8-9,12-14,19H,6-7,10-11,15-16H2,1-2H3,(H,26,29). The molecule has 0 saturated heterocycles. The number of carbonyl (C=O) groups is 3. The maximum absolute atomic E-state index is 13.1. The smallest absolute Gasteiger partial charge is 0.326 e. The number of nitrogens with one attached hydrogen (secondary N) is 1. The number of carbonyl (C=O) groups excluding carboxylic acids is 3. The van der Waals surface area contributed by atoms with Gasteiger partial charge in [-0.3, -0.25) is 19.3 Å². The maximum atomic E-state index is 13.1. The Bertz CT molecular complexity index is 1010. The zero-order valence-electron chi connectivity index (χ0n) is 18.4. The Labute approximate surface area is 187 Å². The van der Waals surface area contributed by atoms with E-state index in [1.807, 2.05) is 30.3 Å². The number of hydrogen-bond acceptors (Lipinski definition) is 5. The van der Waals surface area contributed by atoms with E-state index in [-0.39, 0.29) is 31.0 Å². The summed E-state index contributed by atoms with van der Waals surface area (Å²) in [6.45, 7) is 3.17. The van der Waals surface area contributed by atoms with Crippen molar-refractivity contribution in [2.45, 2.75) is 57.8 Å². The number of hydrogen-bond donors (Lipinski definition) is 1. The molecule has 7 nitrogen and oxygen atoms in total. The molecule has 0 bridgehead atoms. The number of esters is 1. The van der Waals surface area contributed by atoms with E-state index < -0.39 is 11.6 Å². The predicted octanol–water partition coefficient (Wildman–Crippen LogP) is 3.61. The zero-order chi connectivity index (χ0) is 22.7. The van der Waals surface area contributed by atoms with Gasteiger partial charge in [-0.15, -0.1) is 0 Å². The number of amides is 2. The largest absolute Gasteiger partial charge is 0.476 e. The highest BCUT2D eigenvalue weighted by Gasteiger charge is 2.42. The minimum absolute atomic E-state index is 0.123. The normalized spacial score (nSPS) is 17.4. The molecule has 4 rings (SSSR count). The van der Waals surface area contributed by atoms with Crippen molar-refractivity contribution in [3.63, 3.8) is 0 Å². The second-order valence-corrected chi connectivity index (χ2v) is 8.79. The summed E-state index contributed by atoms with van der Waals surface area (Å²) in [5, 5.41) is 3.05. The van der Waals surface area contributed by atoms with Crippen molar-refractivity contribution in [1.29, 1.82) is 0 Å². The van der Waals surface area contributed by atoms with Crippen LogP contribution in [0.5, 0.6) is 5.75 Å². The SMILES string of the molecule is CC1(C)Oc2ccc(C(=O)NC3CCCC3)cc2N(CC(=O)OCc2ccccc2)C1=O. The Morgan fingerprint density at radius 1 is 1.12 bits per heavy atom. The van der Waals surface area contributed by atoms with Crippen molar-refractivity contribution in [1.82, 2.24) is 5.32 Å². The fourth-order valence-corrected chi connectivity index (χ4v) is 4.12. The second kappa shape index (κ2) is 9.02. The molecule has 168 valence electrons. The number of nitrogens with zero attached hydrogens (tertiary/aromatic N) is 1. The van der Waals surface area contributed by atoms with E-state index in [2.05, 4.69) is 5.32 Å². The predicted molar refractivity (Wildman–Crippen MR) is 119 cm³/mol. The average molecular weight is 437 g/mol. The maximum Gasteiger partial charge on any atom is 0.326 e. The molecule has 1 aliphatic heterocycles. The number of anilines is 1. The molecule has 2 aliphatic rings. The Hall–Kier alpha value is -3.35. The topological polar surface area (TPSA) is 84.9 Å². The number of benzene rings is 2. The van der Waals surface area contributed by atoms with Crippen molar-refractivity contribution < 1.29 is 23.9 Å². The molecule has 0 spiro atoms. The molecular formula is C25H28N2O5. The first-order chi connectivity index (χ1) is 15.3. The number of rotatable bonds is 6. The Morgan fingerprint density at radius 3 is 2.56 bits per heavy atom. The monoisotopic (exact) mass is 436 g/mol. The summed E-state index contributed by atoms with van der Waals surface area (Å²) >= 11 is 0. The van der Waals surface area contributed by atoms with Gasteiger partial charge in [-0.05, 0) is 50.5 Å². The Morgan fingerprint density at radius 2 is 1.84 bits per heavy atom. The third kappa shape index (κ3) is 4.77. The van der Waals surface area contributed by atoms with Crippen LogP contribution in [0.3, 0.4) is 0 Å². The van der Waals surface area contributed by atoms with Crippen LogP contribution in [0.25, 0.3) is 0 Å². The fraction of sp³-hybridized carbons (Fsp3) is 0.400. The van der Waals surface area contributed by atoms with E-state index in [1.54, 1.807) is 32.0 Å². The molecule has 1 aliphatic carbocycles. The van der Waals surface area contributed by atoms with E-state index in [4.69, 9.17) is 9.47 Å². The number of ether oxygens (including phenoxy) is 2. The van der Waals surface area contributed by atoms with Gasteiger partial charge in [0.15, 0.2) is 5.60 Å². The van der Waals surface area contributed by atoms with Crippen LogP contribution in [0.2, 0.25) is 0 Å². The highest BCUT2D eigenvalue weighted by molar-refractivity contribution is 6.06. The first-order valence-electron chi connectivity index (χ1n) is 11.0. The van der Waals surface area contributed by atoms with Gasteiger partial charge >= 0.3 is 5.97 Å². The Kier molecular flexibility index (Phi) is 6.17. The van der Waals surface area contributed by atoms with Crippen LogP contribution >= 0.6 is 0 Å². The summed E-state index contributed by atoms with van der Waals surface area (Å²) in [6, 6.07) is 14.5. The van der Waals surface area contributed by atoms with Crippen molar-refractivity contribution in [3.05, 3.63) is 59.7 Å².